The van der Waals surface area contributed by atoms with Gasteiger partial charge in [-0.05, 0) is 31.5 Å². The molecule has 8 nitrogen and oxygen atoms in total. The van der Waals surface area contributed by atoms with Crippen molar-refractivity contribution in [2.24, 2.45) is 17.9 Å². The van der Waals surface area contributed by atoms with Crippen molar-refractivity contribution in [2.75, 3.05) is 0 Å². The van der Waals surface area contributed by atoms with E-state index in [1.165, 1.54) is 16.8 Å². The van der Waals surface area contributed by atoms with E-state index < -0.39 is 5.82 Å². The molecule has 130 valence electrons. The van der Waals surface area contributed by atoms with Crippen LogP contribution in [0.3, 0.4) is 0 Å². The molecule has 9 heteroatoms. The van der Waals surface area contributed by atoms with Crippen molar-refractivity contribution in [3.63, 3.8) is 0 Å². The van der Waals surface area contributed by atoms with Gasteiger partial charge >= 0.3 is 0 Å². The van der Waals surface area contributed by atoms with Crippen LogP contribution >= 0.6 is 0 Å². The number of oxime groups is 1. The lowest BCUT2D eigenvalue weighted by atomic mass is 10.1. The van der Waals surface area contributed by atoms with E-state index in [1.807, 2.05) is 6.92 Å². The number of aromatic nitrogens is 4. The Hall–Kier alpha value is -3.36. The van der Waals surface area contributed by atoms with Crippen LogP contribution in [-0.2, 0) is 7.05 Å². The van der Waals surface area contributed by atoms with Gasteiger partial charge in [0.2, 0.25) is 0 Å². The van der Waals surface area contributed by atoms with Gasteiger partial charge in [0.1, 0.15) is 17.1 Å². The molecule has 2 aromatic heterocycles. The standard InChI is InChI=1S/C16H17FN6O2/c1-8-7-19-22(3)14(8)15-13(16(18)21-25)9(2)20-23(15)12-5-4-10(24)6-11(12)17/h4-7,24-25H,1-3H3,(H2,18,21). The highest BCUT2D eigenvalue weighted by atomic mass is 19.1. The topological polar surface area (TPSA) is 114 Å². The predicted octanol–water partition coefficient (Wildman–Crippen LogP) is 1.83. The summed E-state index contributed by atoms with van der Waals surface area (Å²) in [4.78, 5) is 0. The highest BCUT2D eigenvalue weighted by Crippen LogP contribution is 2.32. The molecule has 0 radical (unpaired) electrons. The summed E-state index contributed by atoms with van der Waals surface area (Å²) in [5.74, 6) is -0.992. The molecule has 2 heterocycles. The maximum absolute atomic E-state index is 14.4. The normalized spacial score (nSPS) is 11.9. The molecule has 1 aromatic carbocycles. The summed E-state index contributed by atoms with van der Waals surface area (Å²) in [6.45, 7) is 3.52. The third-order valence-electron chi connectivity index (χ3n) is 3.93. The Morgan fingerprint density at radius 1 is 1.28 bits per heavy atom. The SMILES string of the molecule is Cc1cnn(C)c1-c1c(/C(N)=N/O)c(C)nn1-c1ccc(O)cc1F. The van der Waals surface area contributed by atoms with Gasteiger partial charge in [-0.1, -0.05) is 5.16 Å². The van der Waals surface area contributed by atoms with E-state index >= 15 is 0 Å². The molecule has 0 fully saturated rings. The van der Waals surface area contributed by atoms with Gasteiger partial charge in [0, 0.05) is 13.1 Å². The molecule has 0 spiro atoms. The quantitative estimate of drug-likeness (QED) is 0.290. The molecule has 0 unspecified atom stereocenters. The molecule has 3 rings (SSSR count). The number of phenols is 1. The number of halogens is 1. The zero-order valence-electron chi connectivity index (χ0n) is 13.9. The summed E-state index contributed by atoms with van der Waals surface area (Å²) in [7, 11) is 1.73. The number of rotatable bonds is 3. The van der Waals surface area contributed by atoms with Crippen molar-refractivity contribution in [1.82, 2.24) is 19.6 Å². The third kappa shape index (κ3) is 2.59. The lowest BCUT2D eigenvalue weighted by molar-refractivity contribution is 0.318. The molecule has 0 amide bonds. The first kappa shape index (κ1) is 16.5. The number of amidine groups is 1. The number of aryl methyl sites for hydroxylation is 3. The molecule has 3 aromatic rings. The molecule has 25 heavy (non-hydrogen) atoms. The van der Waals surface area contributed by atoms with Crippen LogP contribution in [0.1, 0.15) is 16.8 Å². The van der Waals surface area contributed by atoms with Crippen LogP contribution in [0, 0.1) is 19.7 Å². The van der Waals surface area contributed by atoms with Gasteiger partial charge in [-0.2, -0.15) is 10.2 Å². The second kappa shape index (κ2) is 5.93. The van der Waals surface area contributed by atoms with Gasteiger partial charge < -0.3 is 16.0 Å². The zero-order chi connectivity index (χ0) is 18.3. The zero-order valence-corrected chi connectivity index (χ0v) is 13.9. The Bertz CT molecular complexity index is 969. The predicted molar refractivity (Wildman–Crippen MR) is 89.4 cm³/mol. The molecule has 0 atom stereocenters. The lowest BCUT2D eigenvalue weighted by Crippen LogP contribution is -2.16. The summed E-state index contributed by atoms with van der Waals surface area (Å²) >= 11 is 0. The first-order valence-electron chi connectivity index (χ1n) is 7.40. The van der Waals surface area contributed by atoms with E-state index in [2.05, 4.69) is 15.4 Å². The molecular formula is C16H17FN6O2. The van der Waals surface area contributed by atoms with Gasteiger partial charge in [-0.15, -0.1) is 0 Å². The number of hydrogen-bond donors (Lipinski definition) is 3. The maximum Gasteiger partial charge on any atom is 0.174 e. The van der Waals surface area contributed by atoms with Crippen LogP contribution < -0.4 is 5.73 Å². The van der Waals surface area contributed by atoms with Crippen LogP contribution in [0.2, 0.25) is 0 Å². The highest BCUT2D eigenvalue weighted by Gasteiger charge is 2.26. The van der Waals surface area contributed by atoms with E-state index in [0.717, 1.165) is 11.6 Å². The Labute approximate surface area is 142 Å². The van der Waals surface area contributed by atoms with Gasteiger partial charge in [-0.25, -0.2) is 9.07 Å². The minimum atomic E-state index is -0.658. The van der Waals surface area contributed by atoms with Crippen molar-refractivity contribution >= 4 is 5.84 Å². The molecule has 0 bridgehead atoms. The fraction of sp³-hybridized carbons (Fsp3) is 0.188. The summed E-state index contributed by atoms with van der Waals surface area (Å²) in [6.07, 6.45) is 1.66. The van der Waals surface area contributed by atoms with Crippen LogP contribution in [0.4, 0.5) is 4.39 Å². The largest absolute Gasteiger partial charge is 0.508 e. The summed E-state index contributed by atoms with van der Waals surface area (Å²) < 4.78 is 17.4. The van der Waals surface area contributed by atoms with Crippen molar-refractivity contribution in [3.8, 4) is 22.8 Å². The average Bonchev–Trinajstić information content (AvgIpc) is 3.06. The minimum absolute atomic E-state index is 0.119. The highest BCUT2D eigenvalue weighted by molar-refractivity contribution is 6.03. The van der Waals surface area contributed by atoms with Crippen LogP contribution in [0.25, 0.3) is 17.1 Å². The summed E-state index contributed by atoms with van der Waals surface area (Å²) in [5.41, 5.74) is 8.69. The van der Waals surface area contributed by atoms with Crippen LogP contribution in [0.15, 0.2) is 29.6 Å². The van der Waals surface area contributed by atoms with E-state index in [0.29, 0.717) is 22.6 Å². The molecule has 0 aliphatic heterocycles. The molecule has 4 N–H and O–H groups in total. The molecule has 0 saturated carbocycles. The van der Waals surface area contributed by atoms with E-state index in [4.69, 9.17) is 10.9 Å². The first-order chi connectivity index (χ1) is 11.8. The average molecular weight is 344 g/mol. The van der Waals surface area contributed by atoms with Crippen molar-refractivity contribution in [2.45, 2.75) is 13.8 Å². The Balaban J connectivity index is 2.41. The second-order valence-corrected chi connectivity index (χ2v) is 5.64. The monoisotopic (exact) mass is 344 g/mol. The van der Waals surface area contributed by atoms with E-state index in [9.17, 15) is 9.50 Å². The second-order valence-electron chi connectivity index (χ2n) is 5.64. The number of phenolic OH excluding ortho intramolecular Hbond substituents is 1. The number of aromatic hydroxyl groups is 1. The lowest BCUT2D eigenvalue weighted by Gasteiger charge is -2.12. The van der Waals surface area contributed by atoms with Crippen molar-refractivity contribution in [1.29, 1.82) is 0 Å². The number of nitrogens with zero attached hydrogens (tertiary/aromatic N) is 5. The fourth-order valence-electron chi connectivity index (χ4n) is 2.83. The van der Waals surface area contributed by atoms with E-state index in [1.54, 1.807) is 24.9 Å². The van der Waals surface area contributed by atoms with Crippen LogP contribution in [0.5, 0.6) is 5.75 Å². The maximum atomic E-state index is 14.4. The molecular weight excluding hydrogens is 327 g/mol. The first-order valence-corrected chi connectivity index (χ1v) is 7.40. The smallest absolute Gasteiger partial charge is 0.174 e. The summed E-state index contributed by atoms with van der Waals surface area (Å²) in [6, 6.07) is 3.76. The van der Waals surface area contributed by atoms with Gasteiger partial charge in [0.15, 0.2) is 11.7 Å². The van der Waals surface area contributed by atoms with Crippen molar-refractivity contribution < 1.29 is 14.7 Å². The number of nitrogens with two attached hydrogens (primary N) is 1. The third-order valence-corrected chi connectivity index (χ3v) is 3.93. The Morgan fingerprint density at radius 2 is 2.00 bits per heavy atom. The van der Waals surface area contributed by atoms with Crippen LogP contribution in [-0.4, -0.2) is 35.7 Å². The molecule has 0 aliphatic rings. The van der Waals surface area contributed by atoms with Gasteiger partial charge in [-0.3, -0.25) is 4.68 Å². The van der Waals surface area contributed by atoms with E-state index in [-0.39, 0.29) is 17.3 Å². The number of hydrogen-bond acceptors (Lipinski definition) is 5. The Kier molecular flexibility index (Phi) is 3.91. The molecule has 0 aliphatic carbocycles. The minimum Gasteiger partial charge on any atom is -0.508 e. The fourth-order valence-corrected chi connectivity index (χ4v) is 2.83. The molecule has 0 saturated heterocycles. The van der Waals surface area contributed by atoms with Gasteiger partial charge in [0.05, 0.1) is 23.1 Å². The van der Waals surface area contributed by atoms with Crippen molar-refractivity contribution in [3.05, 3.63) is 47.0 Å². The Morgan fingerprint density at radius 3 is 2.56 bits per heavy atom. The number of benzene rings is 1. The van der Waals surface area contributed by atoms with Gasteiger partial charge in [0.25, 0.3) is 0 Å². The summed E-state index contributed by atoms with van der Waals surface area (Å²) in [5, 5.41) is 30.2.